The van der Waals surface area contributed by atoms with Crippen molar-refractivity contribution < 1.29 is 8.78 Å². The third kappa shape index (κ3) is 2.22. The smallest absolute Gasteiger partial charge is 0.279 e. The lowest BCUT2D eigenvalue weighted by molar-refractivity contribution is 0.145. The molecule has 1 aromatic heterocycles. The fourth-order valence-electron chi connectivity index (χ4n) is 1.31. The summed E-state index contributed by atoms with van der Waals surface area (Å²) >= 11 is 8.29. The van der Waals surface area contributed by atoms with Crippen molar-refractivity contribution >= 4 is 28.1 Å². The summed E-state index contributed by atoms with van der Waals surface area (Å²) in [6.07, 6.45) is -2.54. The highest BCUT2D eigenvalue weighted by molar-refractivity contribution is 9.10. The van der Waals surface area contributed by atoms with Crippen molar-refractivity contribution in [3.05, 3.63) is 45.1 Å². The van der Waals surface area contributed by atoms with Gasteiger partial charge in [-0.05, 0) is 24.3 Å². The van der Waals surface area contributed by atoms with Crippen LogP contribution in [0.3, 0.4) is 0 Å². The van der Waals surface area contributed by atoms with E-state index in [1.54, 1.807) is 12.1 Å². The van der Waals surface area contributed by atoms with Crippen molar-refractivity contribution in [3.63, 3.8) is 0 Å². The third-order valence-corrected chi connectivity index (χ3v) is 2.89. The first-order valence-electron chi connectivity index (χ1n) is 4.44. The number of benzene rings is 1. The van der Waals surface area contributed by atoms with Gasteiger partial charge in [-0.3, -0.25) is 5.10 Å². The summed E-state index contributed by atoms with van der Waals surface area (Å²) < 4.78 is 27.6. The van der Waals surface area contributed by atoms with Crippen LogP contribution >= 0.6 is 28.1 Å². The molecule has 0 atom stereocenters. The quantitative estimate of drug-likeness (QED) is 0.823. The Morgan fingerprint density at radius 1 is 1.25 bits per heavy atom. The molecule has 16 heavy (non-hydrogen) atoms. The molecule has 0 unspecified atom stereocenters. The number of H-pyrrole nitrogens is 1. The van der Waals surface area contributed by atoms with E-state index in [4.69, 9.17) is 12.2 Å². The Balaban J connectivity index is 2.48. The van der Waals surface area contributed by atoms with Gasteiger partial charge in [0.1, 0.15) is 10.3 Å². The summed E-state index contributed by atoms with van der Waals surface area (Å²) in [7, 11) is 0. The summed E-state index contributed by atoms with van der Waals surface area (Å²) in [4.78, 5) is 0. The topological polar surface area (TPSA) is 20.7 Å². The van der Waals surface area contributed by atoms with Crippen molar-refractivity contribution in [2.45, 2.75) is 6.43 Å². The molecule has 1 aromatic carbocycles. The van der Waals surface area contributed by atoms with Gasteiger partial charge in [-0.15, -0.1) is 0 Å². The molecule has 0 bridgehead atoms. The number of nitrogens with zero attached hydrogens (tertiary/aromatic N) is 1. The Hall–Kier alpha value is -1.01. The first kappa shape index (κ1) is 11.5. The van der Waals surface area contributed by atoms with E-state index in [2.05, 4.69) is 21.0 Å². The lowest BCUT2D eigenvalue weighted by Gasteiger charge is -2.02. The molecule has 0 radical (unpaired) electrons. The molecule has 0 fully saturated rings. The van der Waals surface area contributed by atoms with Crippen LogP contribution in [0.25, 0.3) is 5.69 Å². The van der Waals surface area contributed by atoms with Crippen LogP contribution in [0, 0.1) is 4.64 Å². The van der Waals surface area contributed by atoms with E-state index in [1.807, 2.05) is 12.1 Å². The molecular weight excluding hydrogens is 298 g/mol. The number of hydrogen-bond donors (Lipinski definition) is 1. The molecule has 1 N–H and O–H groups in total. The average molecular weight is 305 g/mol. The summed E-state index contributed by atoms with van der Waals surface area (Å²) in [5.74, 6) is 0. The first-order chi connectivity index (χ1) is 7.58. The summed E-state index contributed by atoms with van der Waals surface area (Å²) in [5.41, 5.74) is 0.549. The molecule has 0 saturated carbocycles. The standard InChI is InChI=1S/C10H7BrF2N2S/c11-6-1-3-7(4-2-6)15-9(16)5-8(14-15)10(12)13/h1-5,10,14H. The molecule has 0 amide bonds. The molecule has 0 saturated heterocycles. The van der Waals surface area contributed by atoms with E-state index in [1.165, 1.54) is 10.7 Å². The van der Waals surface area contributed by atoms with Gasteiger partial charge in [0.2, 0.25) is 0 Å². The average Bonchev–Trinajstić information content (AvgIpc) is 2.62. The van der Waals surface area contributed by atoms with Crippen molar-refractivity contribution in [2.24, 2.45) is 0 Å². The van der Waals surface area contributed by atoms with Crippen molar-refractivity contribution in [3.8, 4) is 5.69 Å². The van der Waals surface area contributed by atoms with E-state index < -0.39 is 6.43 Å². The van der Waals surface area contributed by atoms with Crippen LogP contribution < -0.4 is 0 Å². The second-order valence-electron chi connectivity index (χ2n) is 3.16. The molecule has 2 aromatic rings. The second-order valence-corrected chi connectivity index (χ2v) is 4.50. The van der Waals surface area contributed by atoms with Gasteiger partial charge in [0.05, 0.1) is 5.69 Å². The van der Waals surface area contributed by atoms with E-state index in [-0.39, 0.29) is 5.69 Å². The summed E-state index contributed by atoms with van der Waals surface area (Å²) in [5, 5.41) is 2.56. The van der Waals surface area contributed by atoms with Crippen LogP contribution in [-0.2, 0) is 0 Å². The Morgan fingerprint density at radius 3 is 2.38 bits per heavy atom. The van der Waals surface area contributed by atoms with E-state index in [0.717, 1.165) is 10.2 Å². The van der Waals surface area contributed by atoms with Gasteiger partial charge in [0.15, 0.2) is 0 Å². The van der Waals surface area contributed by atoms with Crippen molar-refractivity contribution in [1.82, 2.24) is 9.78 Å². The highest BCUT2D eigenvalue weighted by atomic mass is 79.9. The number of aromatic amines is 1. The predicted octanol–water partition coefficient (Wildman–Crippen LogP) is 4.23. The molecule has 2 rings (SSSR count). The van der Waals surface area contributed by atoms with Gasteiger partial charge in [0.25, 0.3) is 6.43 Å². The fraction of sp³-hybridized carbons (Fsp3) is 0.100. The van der Waals surface area contributed by atoms with Crippen LogP contribution in [0.2, 0.25) is 0 Å². The summed E-state index contributed by atoms with van der Waals surface area (Å²) in [6, 6.07) is 8.47. The lowest BCUT2D eigenvalue weighted by atomic mass is 10.3. The lowest BCUT2D eigenvalue weighted by Crippen LogP contribution is -1.97. The normalized spacial score (nSPS) is 11.0. The molecule has 0 aliphatic heterocycles. The monoisotopic (exact) mass is 304 g/mol. The van der Waals surface area contributed by atoms with Crippen LogP contribution in [0.5, 0.6) is 0 Å². The van der Waals surface area contributed by atoms with Gasteiger partial charge in [-0.1, -0.05) is 28.1 Å². The predicted molar refractivity (Wildman–Crippen MR) is 63.6 cm³/mol. The Kier molecular flexibility index (Phi) is 3.20. The van der Waals surface area contributed by atoms with Crippen LogP contribution in [0.4, 0.5) is 8.78 Å². The van der Waals surface area contributed by atoms with Gasteiger partial charge in [0, 0.05) is 10.5 Å². The minimum absolute atomic E-state index is 0.173. The van der Waals surface area contributed by atoms with E-state index in [9.17, 15) is 8.78 Å². The van der Waals surface area contributed by atoms with Gasteiger partial charge >= 0.3 is 0 Å². The number of nitrogens with one attached hydrogen (secondary N) is 1. The van der Waals surface area contributed by atoms with Crippen molar-refractivity contribution in [1.29, 1.82) is 0 Å². The Morgan fingerprint density at radius 2 is 1.88 bits per heavy atom. The second kappa shape index (κ2) is 4.47. The highest BCUT2D eigenvalue weighted by Crippen LogP contribution is 2.19. The van der Waals surface area contributed by atoms with Crippen LogP contribution in [0.1, 0.15) is 12.1 Å². The van der Waals surface area contributed by atoms with Gasteiger partial charge < -0.3 is 0 Å². The maximum atomic E-state index is 12.4. The number of halogens is 3. The molecule has 2 nitrogen and oxygen atoms in total. The van der Waals surface area contributed by atoms with Crippen LogP contribution in [0.15, 0.2) is 34.8 Å². The minimum atomic E-state index is -2.54. The molecule has 1 heterocycles. The first-order valence-corrected chi connectivity index (χ1v) is 5.64. The maximum absolute atomic E-state index is 12.4. The third-order valence-electron chi connectivity index (χ3n) is 2.06. The molecule has 6 heteroatoms. The fourth-order valence-corrected chi connectivity index (χ4v) is 1.85. The zero-order chi connectivity index (χ0) is 11.7. The molecule has 0 aliphatic carbocycles. The zero-order valence-electron chi connectivity index (χ0n) is 7.95. The Labute approximate surface area is 104 Å². The molecular formula is C10H7BrF2N2S. The van der Waals surface area contributed by atoms with Crippen molar-refractivity contribution in [2.75, 3.05) is 0 Å². The summed E-state index contributed by atoms with van der Waals surface area (Å²) in [6.45, 7) is 0. The van der Waals surface area contributed by atoms with E-state index >= 15 is 0 Å². The van der Waals surface area contributed by atoms with Gasteiger partial charge in [-0.25, -0.2) is 13.5 Å². The highest BCUT2D eigenvalue weighted by Gasteiger charge is 2.11. The number of hydrogen-bond acceptors (Lipinski definition) is 1. The molecule has 0 spiro atoms. The largest absolute Gasteiger partial charge is 0.291 e. The molecule has 0 aliphatic rings. The number of alkyl halides is 2. The zero-order valence-corrected chi connectivity index (χ0v) is 10.4. The molecule has 84 valence electrons. The van der Waals surface area contributed by atoms with Gasteiger partial charge in [-0.2, -0.15) is 0 Å². The SMILES string of the molecule is FC(F)c1cc(=S)n(-c2ccc(Br)cc2)[nH]1. The maximum Gasteiger partial charge on any atom is 0.279 e. The van der Waals surface area contributed by atoms with E-state index in [0.29, 0.717) is 4.64 Å². The number of aromatic nitrogens is 2. The Bertz CT molecular complexity index is 545. The number of rotatable bonds is 2. The minimum Gasteiger partial charge on any atom is -0.291 e. The van der Waals surface area contributed by atoms with Crippen LogP contribution in [-0.4, -0.2) is 9.78 Å².